The number of Topliss-reactive ketones (excluding diaryl/α,β-unsaturated/α-hetero) is 2. The van der Waals surface area contributed by atoms with Crippen molar-refractivity contribution in [2.75, 3.05) is 0 Å². The molecule has 2 heterocycles. The highest BCUT2D eigenvalue weighted by Gasteiger charge is 2.33. The molecule has 1 aromatic heterocycles. The van der Waals surface area contributed by atoms with Gasteiger partial charge in [0, 0.05) is 24.1 Å². The molecule has 0 aromatic carbocycles. The van der Waals surface area contributed by atoms with E-state index in [2.05, 4.69) is 9.98 Å². The van der Waals surface area contributed by atoms with Gasteiger partial charge in [-0.05, 0) is 12.1 Å². The lowest BCUT2D eigenvalue weighted by molar-refractivity contribution is -0.126. The molecule has 2 aliphatic rings. The third-order valence-corrected chi connectivity index (χ3v) is 2.78. The number of ketones is 2. The Labute approximate surface area is 91.0 Å². The number of fused-ring (bicyclic) bond motifs is 2. The zero-order valence-electron chi connectivity index (χ0n) is 8.38. The molecule has 4 heteroatoms. The number of aromatic nitrogens is 1. The molecule has 1 atom stereocenters. The Morgan fingerprint density at radius 2 is 2.19 bits per heavy atom. The van der Waals surface area contributed by atoms with Crippen LogP contribution in [-0.4, -0.2) is 22.8 Å². The van der Waals surface area contributed by atoms with Crippen molar-refractivity contribution in [1.29, 1.82) is 0 Å². The summed E-state index contributed by atoms with van der Waals surface area (Å²) in [5, 5.41) is 1.39. The van der Waals surface area contributed by atoms with E-state index in [0.717, 1.165) is 5.22 Å². The van der Waals surface area contributed by atoms with Crippen molar-refractivity contribution in [2.24, 2.45) is 10.9 Å². The Morgan fingerprint density at radius 1 is 1.31 bits per heavy atom. The standard InChI is InChI=1S/C12H8N2O2/c15-8-3-5-14-12-10(8)9(16)6-7-2-1-4-13-11(7)12/h1-2,4-6,10H,3H2. The summed E-state index contributed by atoms with van der Waals surface area (Å²) < 4.78 is 0. The molecule has 3 rings (SSSR count). The first kappa shape index (κ1) is 9.15. The minimum Gasteiger partial charge on any atom is -0.298 e. The monoisotopic (exact) mass is 212 g/mol. The number of nitrogens with zero attached hydrogens (tertiary/aromatic N) is 2. The minimum atomic E-state index is -0.729. The van der Waals surface area contributed by atoms with Gasteiger partial charge in [-0.3, -0.25) is 19.6 Å². The molecule has 0 amide bonds. The fraction of sp³-hybridized carbons (Fsp3) is 0.167. The second-order valence-electron chi connectivity index (χ2n) is 3.79. The fourth-order valence-electron chi connectivity index (χ4n) is 2.05. The summed E-state index contributed by atoms with van der Waals surface area (Å²) in [7, 11) is 0. The zero-order chi connectivity index (χ0) is 11.1. The van der Waals surface area contributed by atoms with Crippen molar-refractivity contribution in [2.45, 2.75) is 6.42 Å². The Bertz CT molecular complexity index is 643. The Hall–Kier alpha value is -2.10. The molecule has 1 unspecified atom stereocenters. The van der Waals surface area contributed by atoms with Gasteiger partial charge >= 0.3 is 0 Å². The lowest BCUT2D eigenvalue weighted by Gasteiger charge is -2.18. The van der Waals surface area contributed by atoms with Gasteiger partial charge in [-0.1, -0.05) is 6.07 Å². The predicted molar refractivity (Wildman–Crippen MR) is 58.0 cm³/mol. The second-order valence-corrected chi connectivity index (χ2v) is 3.79. The summed E-state index contributed by atoms with van der Waals surface area (Å²) in [4.78, 5) is 31.8. The maximum Gasteiger partial charge on any atom is 0.172 e. The average Bonchev–Trinajstić information content (AvgIpc) is 2.29. The fourth-order valence-corrected chi connectivity index (χ4v) is 2.05. The molecule has 0 radical (unpaired) electrons. The van der Waals surface area contributed by atoms with Crippen molar-refractivity contribution in [1.82, 2.24) is 4.98 Å². The van der Waals surface area contributed by atoms with Crippen LogP contribution in [0.3, 0.4) is 0 Å². The first-order valence-corrected chi connectivity index (χ1v) is 5.03. The quantitative estimate of drug-likeness (QED) is 0.530. The number of carbonyl (C=O) groups excluding carboxylic acids is 2. The highest BCUT2D eigenvalue weighted by molar-refractivity contribution is 6.25. The third kappa shape index (κ3) is 1.16. The number of rotatable bonds is 0. The van der Waals surface area contributed by atoms with Crippen LogP contribution in [0.5, 0.6) is 0 Å². The maximum absolute atomic E-state index is 11.8. The van der Waals surface area contributed by atoms with Crippen LogP contribution in [0, 0.1) is 5.92 Å². The molecule has 0 bridgehead atoms. The second kappa shape index (κ2) is 3.20. The van der Waals surface area contributed by atoms with Gasteiger partial charge in [0.05, 0.1) is 11.0 Å². The smallest absolute Gasteiger partial charge is 0.172 e. The Kier molecular flexibility index (Phi) is 1.83. The highest BCUT2D eigenvalue weighted by Crippen LogP contribution is 2.21. The molecule has 0 N–H and O–H groups in total. The summed E-state index contributed by atoms with van der Waals surface area (Å²) in [6, 6.07) is 3.57. The number of carbonyl (C=O) groups is 2. The molecule has 0 saturated heterocycles. The van der Waals surface area contributed by atoms with E-state index in [9.17, 15) is 9.59 Å². The van der Waals surface area contributed by atoms with Gasteiger partial charge in [-0.2, -0.15) is 0 Å². The van der Waals surface area contributed by atoms with Crippen LogP contribution in [0.4, 0.5) is 0 Å². The molecule has 0 fully saturated rings. The maximum atomic E-state index is 11.8. The van der Waals surface area contributed by atoms with Gasteiger partial charge in [0.1, 0.15) is 5.92 Å². The molecule has 1 aromatic rings. The van der Waals surface area contributed by atoms with Gasteiger partial charge in [-0.15, -0.1) is 0 Å². The lowest BCUT2D eigenvalue weighted by atomic mass is 9.88. The van der Waals surface area contributed by atoms with Crippen LogP contribution in [0.1, 0.15) is 6.42 Å². The van der Waals surface area contributed by atoms with Crippen LogP contribution in [0.25, 0.3) is 11.8 Å². The Morgan fingerprint density at radius 3 is 3.06 bits per heavy atom. The van der Waals surface area contributed by atoms with Crippen LogP contribution in [0.15, 0.2) is 23.3 Å². The van der Waals surface area contributed by atoms with E-state index in [-0.39, 0.29) is 18.0 Å². The van der Waals surface area contributed by atoms with E-state index in [1.807, 2.05) is 0 Å². The van der Waals surface area contributed by atoms with Gasteiger partial charge in [-0.25, -0.2) is 0 Å². The SMILES string of the molecule is O=C1C=c2cccnc2=C2N=CCC(=O)C12. The number of aliphatic imine (C=N–C) groups is 1. The van der Waals surface area contributed by atoms with Crippen LogP contribution >= 0.6 is 0 Å². The summed E-state index contributed by atoms with van der Waals surface area (Å²) in [6.07, 6.45) is 4.90. The van der Waals surface area contributed by atoms with Gasteiger partial charge in [0.25, 0.3) is 0 Å². The summed E-state index contributed by atoms with van der Waals surface area (Å²) >= 11 is 0. The van der Waals surface area contributed by atoms with Gasteiger partial charge < -0.3 is 0 Å². The lowest BCUT2D eigenvalue weighted by Crippen LogP contribution is -2.42. The van der Waals surface area contributed by atoms with Crippen molar-refractivity contribution < 1.29 is 9.59 Å². The summed E-state index contributed by atoms with van der Waals surface area (Å²) in [5.41, 5.74) is 0.499. The Balaban J connectivity index is 2.44. The van der Waals surface area contributed by atoms with E-state index in [4.69, 9.17) is 0 Å². The number of hydrogen-bond acceptors (Lipinski definition) is 4. The van der Waals surface area contributed by atoms with Crippen LogP contribution in [0.2, 0.25) is 0 Å². The highest BCUT2D eigenvalue weighted by atomic mass is 16.1. The molecule has 16 heavy (non-hydrogen) atoms. The molecule has 4 nitrogen and oxygen atoms in total. The van der Waals surface area contributed by atoms with Crippen molar-refractivity contribution in [3.63, 3.8) is 0 Å². The molecule has 0 saturated carbocycles. The van der Waals surface area contributed by atoms with Gasteiger partial charge in [0.2, 0.25) is 0 Å². The molecular weight excluding hydrogens is 204 g/mol. The number of pyridine rings is 1. The van der Waals surface area contributed by atoms with E-state index in [0.29, 0.717) is 11.0 Å². The molecule has 0 spiro atoms. The topological polar surface area (TPSA) is 59.4 Å². The van der Waals surface area contributed by atoms with E-state index >= 15 is 0 Å². The van der Waals surface area contributed by atoms with Gasteiger partial charge in [0.15, 0.2) is 11.6 Å². The van der Waals surface area contributed by atoms with Crippen LogP contribution in [-0.2, 0) is 9.59 Å². The first-order valence-electron chi connectivity index (χ1n) is 5.03. The summed E-state index contributed by atoms with van der Waals surface area (Å²) in [6.45, 7) is 0. The van der Waals surface area contributed by atoms with Crippen molar-refractivity contribution in [3.05, 3.63) is 28.9 Å². The van der Waals surface area contributed by atoms with E-state index < -0.39 is 5.92 Å². The third-order valence-electron chi connectivity index (χ3n) is 2.78. The van der Waals surface area contributed by atoms with E-state index in [1.54, 1.807) is 24.5 Å². The van der Waals surface area contributed by atoms with Crippen LogP contribution < -0.4 is 10.6 Å². The molecular formula is C12H8N2O2. The van der Waals surface area contributed by atoms with Crippen molar-refractivity contribution >= 4 is 29.6 Å². The first-order chi connectivity index (χ1) is 7.77. The minimum absolute atomic E-state index is 0.0949. The number of hydrogen-bond donors (Lipinski definition) is 0. The molecule has 1 aliphatic carbocycles. The summed E-state index contributed by atoms with van der Waals surface area (Å²) in [5.74, 6) is -1.01. The zero-order valence-corrected chi connectivity index (χ0v) is 8.38. The molecule has 1 aliphatic heterocycles. The van der Waals surface area contributed by atoms with Crippen molar-refractivity contribution in [3.8, 4) is 0 Å². The van der Waals surface area contributed by atoms with E-state index in [1.165, 1.54) is 6.08 Å². The largest absolute Gasteiger partial charge is 0.298 e. The predicted octanol–water partition coefficient (Wildman–Crippen LogP) is -0.787. The normalized spacial score (nSPS) is 22.5. The molecule has 78 valence electrons. The average molecular weight is 212 g/mol.